The van der Waals surface area contributed by atoms with Crippen molar-refractivity contribution < 1.29 is 52.1 Å². The minimum absolute atomic E-state index is 0.179. The van der Waals surface area contributed by atoms with Crippen molar-refractivity contribution in [2.24, 2.45) is 0 Å². The van der Waals surface area contributed by atoms with Gasteiger partial charge in [0.2, 0.25) is 0 Å². The highest BCUT2D eigenvalue weighted by molar-refractivity contribution is 5.00. The maximum Gasteiger partial charge on any atom is 0.190 e. The van der Waals surface area contributed by atoms with Gasteiger partial charge in [-0.1, -0.05) is 53.4 Å². The van der Waals surface area contributed by atoms with Gasteiger partial charge in [-0.2, -0.15) is 0 Å². The predicted octanol–water partition coefficient (Wildman–Crippen LogP) is 5.50. The predicted molar refractivity (Wildman–Crippen MR) is 167 cm³/mol. The zero-order chi connectivity index (χ0) is 32.5. The van der Waals surface area contributed by atoms with Crippen LogP contribution in [0.1, 0.15) is 107 Å². The number of ether oxygens (including phenoxy) is 11. The molecular formula is C34H62O11. The van der Waals surface area contributed by atoms with Gasteiger partial charge in [-0.25, -0.2) is 0 Å². The smallest absolute Gasteiger partial charge is 0.190 e. The van der Waals surface area contributed by atoms with E-state index in [1.54, 1.807) is 0 Å². The average molecular weight is 647 g/mol. The second kappa shape index (κ2) is 17.8. The average Bonchev–Trinajstić information content (AvgIpc) is 3.49. The zero-order valence-corrected chi connectivity index (χ0v) is 29.2. The Morgan fingerprint density at radius 2 is 1.02 bits per heavy atom. The van der Waals surface area contributed by atoms with Crippen LogP contribution in [-0.2, 0) is 52.1 Å². The van der Waals surface area contributed by atoms with Crippen molar-refractivity contribution >= 4 is 0 Å². The third-order valence-corrected chi connectivity index (χ3v) is 8.62. The van der Waals surface area contributed by atoms with Crippen LogP contribution in [0.5, 0.6) is 0 Å². The summed E-state index contributed by atoms with van der Waals surface area (Å²) in [6.45, 7) is 19.2. The molecule has 264 valence electrons. The summed E-state index contributed by atoms with van der Waals surface area (Å²) in [5, 5.41) is 0. The number of fused-ring (bicyclic) bond motifs is 3. The lowest BCUT2D eigenvalue weighted by atomic mass is 9.97. The normalized spacial score (nSPS) is 37.1. The van der Waals surface area contributed by atoms with Gasteiger partial charge in [-0.15, -0.1) is 0 Å². The van der Waals surface area contributed by atoms with Crippen LogP contribution in [0.4, 0.5) is 0 Å². The van der Waals surface area contributed by atoms with E-state index in [0.29, 0.717) is 33.0 Å². The van der Waals surface area contributed by atoms with E-state index in [2.05, 4.69) is 27.7 Å². The molecule has 0 aromatic carbocycles. The van der Waals surface area contributed by atoms with Gasteiger partial charge in [0.15, 0.2) is 24.2 Å². The lowest BCUT2D eigenvalue weighted by Gasteiger charge is -2.46. The summed E-state index contributed by atoms with van der Waals surface area (Å²) < 4.78 is 70.4. The summed E-state index contributed by atoms with van der Waals surface area (Å²) >= 11 is 0. The molecule has 4 fully saturated rings. The molecule has 0 amide bonds. The Bertz CT molecular complexity index is 841. The number of rotatable bonds is 20. The molecule has 0 bridgehead atoms. The Labute approximate surface area is 271 Å². The van der Waals surface area contributed by atoms with Crippen molar-refractivity contribution in [2.75, 3.05) is 39.6 Å². The van der Waals surface area contributed by atoms with Gasteiger partial charge in [-0.05, 0) is 53.4 Å². The summed E-state index contributed by atoms with van der Waals surface area (Å²) in [6.07, 6.45) is 3.33. The largest absolute Gasteiger partial charge is 0.379 e. The second-order valence-corrected chi connectivity index (χ2v) is 13.6. The molecule has 0 radical (unpaired) electrons. The summed E-state index contributed by atoms with van der Waals surface area (Å²) in [5.74, 6) is -1.59. The van der Waals surface area contributed by atoms with Crippen molar-refractivity contribution in [3.63, 3.8) is 0 Å². The molecular weight excluding hydrogens is 584 g/mol. The maximum absolute atomic E-state index is 6.69. The number of hydrogen-bond donors (Lipinski definition) is 0. The molecule has 10 atom stereocenters. The first-order chi connectivity index (χ1) is 21.6. The van der Waals surface area contributed by atoms with Crippen molar-refractivity contribution in [3.8, 4) is 0 Å². The van der Waals surface area contributed by atoms with Gasteiger partial charge in [0.25, 0.3) is 0 Å². The highest BCUT2D eigenvalue weighted by atomic mass is 16.9. The molecule has 4 heterocycles. The molecule has 11 heteroatoms. The highest BCUT2D eigenvalue weighted by Crippen LogP contribution is 2.44. The van der Waals surface area contributed by atoms with Crippen LogP contribution in [0.3, 0.4) is 0 Å². The molecule has 4 aliphatic rings. The molecule has 0 aromatic heterocycles. The highest BCUT2D eigenvalue weighted by Gasteiger charge is 2.61. The maximum atomic E-state index is 6.69. The van der Waals surface area contributed by atoms with E-state index in [4.69, 9.17) is 52.1 Å². The van der Waals surface area contributed by atoms with Crippen LogP contribution in [0.2, 0.25) is 0 Å². The van der Waals surface area contributed by atoms with Gasteiger partial charge < -0.3 is 52.1 Å². The van der Waals surface area contributed by atoms with Crippen LogP contribution in [0.15, 0.2) is 0 Å². The van der Waals surface area contributed by atoms with Crippen LogP contribution >= 0.6 is 0 Å². The van der Waals surface area contributed by atoms with Crippen molar-refractivity contribution in [1.29, 1.82) is 0 Å². The standard InChI is InChI=1S/C34H62O11/c1-9-13-17-35-21-23-25(36-18-14-10-2)27(37-19-15-11-3)29(38-20-16-12-4)31(40-23)39-22-24-26-28(43-33(5,6)42-26)30-32(41-24)45-34(7,8)44-30/h23-32H,9-22H2,1-8H3/t23?,24?,25-,26-,27?,28?,29?,30?,31-,32+/m0/s1. The van der Waals surface area contributed by atoms with E-state index in [9.17, 15) is 0 Å². The first-order valence-electron chi connectivity index (χ1n) is 17.7. The molecule has 4 saturated heterocycles. The van der Waals surface area contributed by atoms with Crippen molar-refractivity contribution in [2.45, 2.75) is 180 Å². The van der Waals surface area contributed by atoms with Gasteiger partial charge in [-0.3, -0.25) is 0 Å². The third kappa shape index (κ3) is 10.3. The molecule has 0 N–H and O–H groups in total. The molecule has 11 nitrogen and oxygen atoms in total. The first kappa shape index (κ1) is 37.4. The van der Waals surface area contributed by atoms with Crippen LogP contribution in [-0.4, -0.2) is 113 Å². The topological polar surface area (TPSA) is 102 Å². The summed E-state index contributed by atoms with van der Waals surface area (Å²) in [6, 6.07) is 0. The molecule has 4 aliphatic heterocycles. The molecule has 6 unspecified atom stereocenters. The van der Waals surface area contributed by atoms with Crippen LogP contribution in [0.25, 0.3) is 0 Å². The quantitative estimate of drug-likeness (QED) is 0.157. The van der Waals surface area contributed by atoms with Crippen LogP contribution < -0.4 is 0 Å². The molecule has 0 aliphatic carbocycles. The minimum atomic E-state index is -0.794. The fraction of sp³-hybridized carbons (Fsp3) is 1.00. The van der Waals surface area contributed by atoms with Gasteiger partial charge >= 0.3 is 0 Å². The Balaban J connectivity index is 1.55. The van der Waals surface area contributed by atoms with Crippen molar-refractivity contribution in [1.82, 2.24) is 0 Å². The Morgan fingerprint density at radius 1 is 0.489 bits per heavy atom. The second-order valence-electron chi connectivity index (χ2n) is 13.6. The van der Waals surface area contributed by atoms with E-state index in [1.165, 1.54) is 0 Å². The van der Waals surface area contributed by atoms with Gasteiger partial charge in [0, 0.05) is 26.4 Å². The SMILES string of the molecule is CCCCOCC1O[C@H](OCC2O[C@@H]3OC(C)(C)OC3C3OC(C)(C)O[C@@H]23)C(OCCCC)C(OCCCC)[C@H]1OCCCC. The van der Waals surface area contributed by atoms with E-state index in [1.807, 2.05) is 27.7 Å². The minimum Gasteiger partial charge on any atom is -0.379 e. The van der Waals surface area contributed by atoms with E-state index in [-0.39, 0.29) is 31.0 Å². The van der Waals surface area contributed by atoms with Crippen LogP contribution in [0, 0.1) is 0 Å². The van der Waals surface area contributed by atoms with Gasteiger partial charge in [0.1, 0.15) is 48.8 Å². The number of hydrogen-bond acceptors (Lipinski definition) is 11. The molecule has 0 saturated carbocycles. The fourth-order valence-corrected chi connectivity index (χ4v) is 6.27. The summed E-state index contributed by atoms with van der Waals surface area (Å²) in [7, 11) is 0. The Kier molecular flexibility index (Phi) is 14.8. The lowest BCUT2D eigenvalue weighted by Crippen LogP contribution is -2.63. The summed E-state index contributed by atoms with van der Waals surface area (Å²) in [5.41, 5.74) is 0. The molecule has 0 aromatic rings. The van der Waals surface area contributed by atoms with E-state index < -0.39 is 48.6 Å². The Morgan fingerprint density at radius 3 is 1.67 bits per heavy atom. The van der Waals surface area contributed by atoms with E-state index in [0.717, 1.165) is 51.4 Å². The molecule has 4 rings (SSSR count). The zero-order valence-electron chi connectivity index (χ0n) is 29.2. The third-order valence-electron chi connectivity index (χ3n) is 8.62. The summed E-state index contributed by atoms with van der Waals surface area (Å²) in [4.78, 5) is 0. The molecule has 0 spiro atoms. The molecule has 45 heavy (non-hydrogen) atoms. The van der Waals surface area contributed by atoms with E-state index >= 15 is 0 Å². The monoisotopic (exact) mass is 646 g/mol. The van der Waals surface area contributed by atoms with Crippen molar-refractivity contribution in [3.05, 3.63) is 0 Å². The first-order valence-corrected chi connectivity index (χ1v) is 17.7. The Hall–Kier alpha value is -0.440. The fourth-order valence-electron chi connectivity index (χ4n) is 6.27. The van der Waals surface area contributed by atoms with Gasteiger partial charge in [0.05, 0.1) is 13.2 Å². The lowest BCUT2D eigenvalue weighted by molar-refractivity contribution is -0.333. The number of unbranched alkanes of at least 4 members (excludes halogenated alkanes) is 4.